The SMILES string of the molecule is O=C(O)[C@H]1CC[C@H](Nc2ncc3nc(Nc4c(F)cc(F)cc4F)n([C@H]4CC[C@@H](O)CC4)c3n2)CC1. The molecule has 2 aliphatic rings. The normalized spacial score (nSPS) is 24.6. The average Bonchev–Trinajstić information content (AvgIpc) is 3.19. The van der Waals surface area contributed by atoms with Crippen LogP contribution in [0.25, 0.3) is 11.2 Å². The molecule has 0 radical (unpaired) electrons. The Morgan fingerprint density at radius 3 is 2.28 bits per heavy atom. The quantitative estimate of drug-likeness (QED) is 0.386. The van der Waals surface area contributed by atoms with Crippen LogP contribution in [-0.4, -0.2) is 47.8 Å². The smallest absolute Gasteiger partial charge is 0.306 e. The van der Waals surface area contributed by atoms with E-state index in [9.17, 15) is 28.2 Å². The van der Waals surface area contributed by atoms with E-state index < -0.39 is 35.2 Å². The van der Waals surface area contributed by atoms with Crippen LogP contribution in [0.5, 0.6) is 0 Å². The number of nitrogens with zero attached hydrogens (tertiary/aromatic N) is 4. The molecule has 12 heteroatoms. The molecular weight excluding hydrogens is 477 g/mol. The molecule has 0 atom stereocenters. The van der Waals surface area contributed by atoms with E-state index in [1.807, 2.05) is 0 Å². The number of rotatable bonds is 6. The van der Waals surface area contributed by atoms with Crippen molar-refractivity contribution in [3.63, 3.8) is 0 Å². The first kappa shape index (κ1) is 24.3. The van der Waals surface area contributed by atoms with E-state index in [-0.39, 0.29) is 23.9 Å². The van der Waals surface area contributed by atoms with E-state index in [1.54, 1.807) is 4.57 Å². The monoisotopic (exact) mass is 504 g/mol. The Labute approximate surface area is 204 Å². The lowest BCUT2D eigenvalue weighted by molar-refractivity contribution is -0.142. The van der Waals surface area contributed by atoms with Gasteiger partial charge in [-0.15, -0.1) is 0 Å². The molecule has 1 aromatic carbocycles. The minimum Gasteiger partial charge on any atom is -0.481 e. The van der Waals surface area contributed by atoms with E-state index in [4.69, 9.17) is 0 Å². The van der Waals surface area contributed by atoms with Crippen molar-refractivity contribution >= 4 is 34.7 Å². The Morgan fingerprint density at radius 1 is 0.972 bits per heavy atom. The lowest BCUT2D eigenvalue weighted by Gasteiger charge is -2.28. The van der Waals surface area contributed by atoms with Crippen LogP contribution in [0.2, 0.25) is 0 Å². The molecule has 5 rings (SSSR count). The van der Waals surface area contributed by atoms with Crippen LogP contribution >= 0.6 is 0 Å². The molecule has 4 N–H and O–H groups in total. The topological polar surface area (TPSA) is 125 Å². The summed E-state index contributed by atoms with van der Waals surface area (Å²) in [5, 5.41) is 25.1. The first-order chi connectivity index (χ1) is 17.3. The molecular formula is C24H27F3N6O3. The highest BCUT2D eigenvalue weighted by Gasteiger charge is 2.29. The summed E-state index contributed by atoms with van der Waals surface area (Å²) in [6.07, 6.45) is 5.95. The number of nitrogens with one attached hydrogen (secondary N) is 2. The molecule has 2 fully saturated rings. The summed E-state index contributed by atoms with van der Waals surface area (Å²) < 4.78 is 44.0. The highest BCUT2D eigenvalue weighted by molar-refractivity contribution is 5.77. The Bertz CT molecular complexity index is 1250. The zero-order valence-electron chi connectivity index (χ0n) is 19.4. The molecule has 2 aliphatic carbocycles. The highest BCUT2D eigenvalue weighted by Crippen LogP contribution is 2.36. The van der Waals surface area contributed by atoms with E-state index in [0.29, 0.717) is 80.6 Å². The number of aliphatic hydroxyl groups excluding tert-OH is 1. The van der Waals surface area contributed by atoms with Crippen LogP contribution in [0.3, 0.4) is 0 Å². The summed E-state index contributed by atoms with van der Waals surface area (Å²) in [5.74, 6) is -3.82. The molecule has 3 aromatic rings. The van der Waals surface area contributed by atoms with Crippen LogP contribution in [0, 0.1) is 23.4 Å². The molecule has 2 heterocycles. The summed E-state index contributed by atoms with van der Waals surface area (Å²) >= 11 is 0. The minimum absolute atomic E-state index is 0.0271. The molecule has 0 spiro atoms. The van der Waals surface area contributed by atoms with Crippen molar-refractivity contribution in [1.29, 1.82) is 0 Å². The predicted molar refractivity (Wildman–Crippen MR) is 125 cm³/mol. The zero-order valence-corrected chi connectivity index (χ0v) is 19.4. The number of hydrogen-bond donors (Lipinski definition) is 4. The van der Waals surface area contributed by atoms with Crippen LogP contribution in [0.4, 0.5) is 30.8 Å². The van der Waals surface area contributed by atoms with Gasteiger partial charge < -0.3 is 20.8 Å². The number of carboxylic acid groups (broad SMARTS) is 1. The van der Waals surface area contributed by atoms with Crippen molar-refractivity contribution in [2.45, 2.75) is 69.6 Å². The number of hydrogen-bond acceptors (Lipinski definition) is 7. The molecule has 192 valence electrons. The van der Waals surface area contributed by atoms with Crippen molar-refractivity contribution in [2.75, 3.05) is 10.6 Å². The maximum absolute atomic E-state index is 14.4. The van der Waals surface area contributed by atoms with Gasteiger partial charge in [0.05, 0.1) is 18.2 Å². The minimum atomic E-state index is -1.09. The van der Waals surface area contributed by atoms with E-state index in [2.05, 4.69) is 25.6 Å². The molecule has 0 saturated heterocycles. The fraction of sp³-hybridized carbons (Fsp3) is 0.500. The molecule has 9 nitrogen and oxygen atoms in total. The number of carboxylic acids is 1. The molecule has 0 aliphatic heterocycles. The first-order valence-corrected chi connectivity index (χ1v) is 12.1. The van der Waals surface area contributed by atoms with Gasteiger partial charge in [-0.3, -0.25) is 9.36 Å². The Hall–Kier alpha value is -3.41. The fourth-order valence-corrected chi connectivity index (χ4v) is 5.15. The highest BCUT2D eigenvalue weighted by atomic mass is 19.1. The van der Waals surface area contributed by atoms with Gasteiger partial charge in [0, 0.05) is 24.2 Å². The number of aromatic nitrogens is 4. The summed E-state index contributed by atoms with van der Waals surface area (Å²) in [6, 6.07) is 1.08. The van der Waals surface area contributed by atoms with Gasteiger partial charge in [-0.2, -0.15) is 4.98 Å². The third kappa shape index (κ3) is 4.95. The van der Waals surface area contributed by atoms with Gasteiger partial charge in [0.25, 0.3) is 0 Å². The summed E-state index contributed by atoms with van der Waals surface area (Å²) in [6.45, 7) is 0. The Kier molecular flexibility index (Phi) is 6.69. The summed E-state index contributed by atoms with van der Waals surface area (Å²) in [7, 11) is 0. The van der Waals surface area contributed by atoms with Crippen LogP contribution in [0.1, 0.15) is 57.4 Å². The fourth-order valence-electron chi connectivity index (χ4n) is 5.15. The van der Waals surface area contributed by atoms with Crippen LogP contribution in [-0.2, 0) is 4.79 Å². The number of benzene rings is 1. The number of aliphatic hydroxyl groups is 1. The molecule has 36 heavy (non-hydrogen) atoms. The number of halogens is 3. The molecule has 0 unspecified atom stereocenters. The number of imidazole rings is 1. The first-order valence-electron chi connectivity index (χ1n) is 12.1. The molecule has 0 bridgehead atoms. The Morgan fingerprint density at radius 2 is 1.64 bits per heavy atom. The van der Waals surface area contributed by atoms with E-state index in [0.717, 1.165) is 0 Å². The second-order valence-corrected chi connectivity index (χ2v) is 9.57. The van der Waals surface area contributed by atoms with Gasteiger partial charge >= 0.3 is 5.97 Å². The van der Waals surface area contributed by atoms with E-state index in [1.165, 1.54) is 6.20 Å². The summed E-state index contributed by atoms with van der Waals surface area (Å²) in [5.41, 5.74) is 0.343. The van der Waals surface area contributed by atoms with Crippen molar-refractivity contribution < 1.29 is 28.2 Å². The van der Waals surface area contributed by atoms with Gasteiger partial charge in [0.1, 0.15) is 17.0 Å². The summed E-state index contributed by atoms with van der Waals surface area (Å²) in [4.78, 5) is 24.7. The van der Waals surface area contributed by atoms with Crippen molar-refractivity contribution in [3.05, 3.63) is 35.8 Å². The standard InChI is InChI=1S/C24H27F3N6O3/c25-13-9-17(26)20(18(27)10-13)31-24-30-19-11-28-23(29-14-3-1-12(2-4-14)22(35)36)32-21(19)33(24)15-5-7-16(34)8-6-15/h9-12,14-16,34H,1-8H2,(H,30,31)(H,35,36)(H,28,29,32)/t12-,14-,15-,16+. The molecule has 2 saturated carbocycles. The third-order valence-corrected chi connectivity index (χ3v) is 7.12. The van der Waals surface area contributed by atoms with Crippen molar-refractivity contribution in [2.24, 2.45) is 5.92 Å². The second-order valence-electron chi connectivity index (χ2n) is 9.57. The lowest BCUT2D eigenvalue weighted by Crippen LogP contribution is -2.30. The van der Waals surface area contributed by atoms with E-state index >= 15 is 0 Å². The number of anilines is 3. The maximum atomic E-state index is 14.4. The lowest BCUT2D eigenvalue weighted by atomic mass is 9.86. The maximum Gasteiger partial charge on any atom is 0.306 e. The van der Waals surface area contributed by atoms with Gasteiger partial charge in [-0.25, -0.2) is 23.1 Å². The van der Waals surface area contributed by atoms with Crippen LogP contribution in [0.15, 0.2) is 18.3 Å². The van der Waals surface area contributed by atoms with Crippen molar-refractivity contribution in [1.82, 2.24) is 19.5 Å². The Balaban J connectivity index is 1.47. The van der Waals surface area contributed by atoms with Crippen molar-refractivity contribution in [3.8, 4) is 0 Å². The van der Waals surface area contributed by atoms with Crippen LogP contribution < -0.4 is 10.6 Å². The zero-order chi connectivity index (χ0) is 25.4. The van der Waals surface area contributed by atoms with Gasteiger partial charge in [0.15, 0.2) is 17.3 Å². The number of fused-ring (bicyclic) bond motifs is 1. The molecule has 0 amide bonds. The van der Waals surface area contributed by atoms with Gasteiger partial charge in [-0.05, 0) is 51.4 Å². The molecule has 2 aromatic heterocycles. The third-order valence-electron chi connectivity index (χ3n) is 7.12. The van der Waals surface area contributed by atoms with Gasteiger partial charge in [0.2, 0.25) is 11.9 Å². The predicted octanol–water partition coefficient (Wildman–Crippen LogP) is 4.52. The number of aliphatic carboxylic acids is 1. The second kappa shape index (κ2) is 9.92. The van der Waals surface area contributed by atoms with Gasteiger partial charge in [-0.1, -0.05) is 0 Å². The largest absolute Gasteiger partial charge is 0.481 e. The number of carbonyl (C=O) groups is 1. The average molecular weight is 505 g/mol.